The third kappa shape index (κ3) is 4.97. The van der Waals surface area contributed by atoms with Gasteiger partial charge in [-0.3, -0.25) is 9.59 Å². The minimum absolute atomic E-state index is 0.0314. The first-order valence-electron chi connectivity index (χ1n) is 11.5. The summed E-state index contributed by atoms with van der Waals surface area (Å²) in [6.45, 7) is 2.03. The second-order valence-electron chi connectivity index (χ2n) is 8.71. The van der Waals surface area contributed by atoms with Gasteiger partial charge in [-0.15, -0.1) is 0 Å². The molecule has 3 atom stereocenters. The molecule has 2 aliphatic rings. The Morgan fingerprint density at radius 2 is 1.69 bits per heavy atom. The van der Waals surface area contributed by atoms with Gasteiger partial charge in [0, 0.05) is 6.04 Å². The fraction of sp³-hybridized carbons (Fsp3) is 0.423. The van der Waals surface area contributed by atoms with Gasteiger partial charge in [-0.05, 0) is 50.2 Å². The summed E-state index contributed by atoms with van der Waals surface area (Å²) < 4.78 is 6.47. The average molecular weight is 434 g/mol. The Balaban J connectivity index is 1.53. The Morgan fingerprint density at radius 1 is 1.06 bits per heavy atom. The number of aliphatic imine (C=N–C) groups is 1. The van der Waals surface area contributed by atoms with Gasteiger partial charge in [0.1, 0.15) is 11.8 Å². The van der Waals surface area contributed by atoms with Gasteiger partial charge in [-0.2, -0.15) is 0 Å². The number of nitrogens with two attached hydrogens (primary N) is 1. The number of amides is 2. The molecule has 2 saturated heterocycles. The van der Waals surface area contributed by atoms with Gasteiger partial charge in [-0.1, -0.05) is 60.7 Å². The number of ether oxygens (including phenoxy) is 1. The summed E-state index contributed by atoms with van der Waals surface area (Å²) in [6, 6.07) is 19.7. The van der Waals surface area contributed by atoms with Crippen molar-refractivity contribution < 1.29 is 14.3 Å². The lowest BCUT2D eigenvalue weighted by molar-refractivity contribution is -0.128. The summed E-state index contributed by atoms with van der Waals surface area (Å²) in [6.07, 6.45) is 3.94. The molecule has 2 aromatic rings. The predicted molar refractivity (Wildman–Crippen MR) is 124 cm³/mol. The topological polar surface area (TPSA) is 85.0 Å². The van der Waals surface area contributed by atoms with Crippen LogP contribution in [0, 0.1) is 0 Å². The van der Waals surface area contributed by atoms with Crippen LogP contribution >= 0.6 is 0 Å². The number of hydrogen-bond acceptors (Lipinski definition) is 4. The van der Waals surface area contributed by atoms with Crippen molar-refractivity contribution in [2.45, 2.75) is 63.3 Å². The van der Waals surface area contributed by atoms with Crippen molar-refractivity contribution in [1.82, 2.24) is 4.90 Å². The standard InChI is InChI=1S/C26H31N3O3/c1-18(27)25(30)28-23-14-8-13-21-15-16-22(29(21)26(23)31)17-32-24(19-9-4-2-5-10-19)20-11-6-3-7-12-20/h2-7,9-12,18,21-22,24H,8,13-17,27H2,1H3/t18-,21?,22-/m0/s1. The second-order valence-corrected chi connectivity index (χ2v) is 8.71. The highest BCUT2D eigenvalue weighted by Crippen LogP contribution is 2.33. The monoisotopic (exact) mass is 433 g/mol. The van der Waals surface area contributed by atoms with E-state index < -0.39 is 11.9 Å². The fourth-order valence-electron chi connectivity index (χ4n) is 4.69. The first kappa shape index (κ1) is 22.4. The second kappa shape index (κ2) is 10.2. The fourth-order valence-corrected chi connectivity index (χ4v) is 4.69. The molecule has 0 aliphatic carbocycles. The molecule has 32 heavy (non-hydrogen) atoms. The molecule has 0 saturated carbocycles. The zero-order chi connectivity index (χ0) is 22.5. The number of benzene rings is 2. The Hall–Kier alpha value is -2.83. The van der Waals surface area contributed by atoms with Crippen molar-refractivity contribution in [2.24, 2.45) is 10.7 Å². The molecule has 2 aromatic carbocycles. The lowest BCUT2D eigenvalue weighted by Crippen LogP contribution is -2.45. The SMILES string of the molecule is C[C@H](N)C(=O)N=C1CCCC2CC[C@@H](COC(c3ccccc3)c3ccccc3)N2C1=O. The third-order valence-corrected chi connectivity index (χ3v) is 6.35. The Labute approximate surface area is 189 Å². The van der Waals surface area contributed by atoms with Crippen molar-refractivity contribution in [2.75, 3.05) is 6.61 Å². The maximum atomic E-state index is 13.3. The Bertz CT molecular complexity index is 919. The molecule has 2 fully saturated rings. The van der Waals surface area contributed by atoms with Gasteiger partial charge in [-0.25, -0.2) is 4.99 Å². The van der Waals surface area contributed by atoms with E-state index in [1.165, 1.54) is 0 Å². The molecule has 6 nitrogen and oxygen atoms in total. The molecule has 2 N–H and O–H groups in total. The third-order valence-electron chi connectivity index (χ3n) is 6.35. The van der Waals surface area contributed by atoms with Gasteiger partial charge in [0.15, 0.2) is 0 Å². The molecule has 1 unspecified atom stereocenters. The van der Waals surface area contributed by atoms with Crippen LogP contribution in [0.25, 0.3) is 0 Å². The van der Waals surface area contributed by atoms with Crippen molar-refractivity contribution >= 4 is 17.5 Å². The van der Waals surface area contributed by atoms with Crippen LogP contribution in [0.1, 0.15) is 56.3 Å². The van der Waals surface area contributed by atoms with Crippen LogP contribution in [0.2, 0.25) is 0 Å². The summed E-state index contributed by atoms with van der Waals surface area (Å²) in [4.78, 5) is 31.4. The van der Waals surface area contributed by atoms with Gasteiger partial charge >= 0.3 is 0 Å². The molecular weight excluding hydrogens is 402 g/mol. The molecular formula is C26H31N3O3. The molecule has 168 valence electrons. The average Bonchev–Trinajstić information content (AvgIpc) is 3.15. The van der Waals surface area contributed by atoms with Crippen LogP contribution in [0.5, 0.6) is 0 Å². The lowest BCUT2D eigenvalue weighted by Gasteiger charge is -2.30. The van der Waals surface area contributed by atoms with E-state index in [-0.39, 0.29) is 24.1 Å². The van der Waals surface area contributed by atoms with E-state index in [4.69, 9.17) is 10.5 Å². The molecule has 6 heteroatoms. The minimum atomic E-state index is -0.704. The molecule has 2 amide bonds. The van der Waals surface area contributed by atoms with E-state index in [2.05, 4.69) is 29.3 Å². The Kier molecular flexibility index (Phi) is 7.12. The van der Waals surface area contributed by atoms with Crippen molar-refractivity contribution in [1.29, 1.82) is 0 Å². The maximum absolute atomic E-state index is 13.3. The molecule has 0 bridgehead atoms. The molecule has 2 heterocycles. The molecule has 0 radical (unpaired) electrons. The summed E-state index contributed by atoms with van der Waals surface area (Å²) in [7, 11) is 0. The summed E-state index contributed by atoms with van der Waals surface area (Å²) >= 11 is 0. The Morgan fingerprint density at radius 3 is 2.28 bits per heavy atom. The van der Waals surface area contributed by atoms with E-state index in [0.29, 0.717) is 18.7 Å². The zero-order valence-corrected chi connectivity index (χ0v) is 18.5. The van der Waals surface area contributed by atoms with Crippen LogP contribution in [0.4, 0.5) is 0 Å². The van der Waals surface area contributed by atoms with Crippen LogP contribution in [-0.2, 0) is 14.3 Å². The summed E-state index contributed by atoms with van der Waals surface area (Å²) in [5.41, 5.74) is 8.17. The summed E-state index contributed by atoms with van der Waals surface area (Å²) in [5, 5.41) is 0. The first-order chi connectivity index (χ1) is 15.5. The highest BCUT2D eigenvalue weighted by atomic mass is 16.5. The highest BCUT2D eigenvalue weighted by molar-refractivity contribution is 6.40. The van der Waals surface area contributed by atoms with Crippen molar-refractivity contribution in [3.05, 3.63) is 71.8 Å². The summed E-state index contributed by atoms with van der Waals surface area (Å²) in [5.74, 6) is -0.574. The van der Waals surface area contributed by atoms with E-state index in [9.17, 15) is 9.59 Å². The molecule has 0 aromatic heterocycles. The van der Waals surface area contributed by atoms with Gasteiger partial charge in [0.25, 0.3) is 11.8 Å². The smallest absolute Gasteiger partial charge is 0.268 e. The van der Waals surface area contributed by atoms with Crippen molar-refractivity contribution in [3.63, 3.8) is 0 Å². The highest BCUT2D eigenvalue weighted by Gasteiger charge is 2.40. The number of hydrogen-bond donors (Lipinski definition) is 1. The van der Waals surface area contributed by atoms with Gasteiger partial charge in [0.05, 0.1) is 18.7 Å². The minimum Gasteiger partial charge on any atom is -0.367 e. The number of carbonyl (C=O) groups is 2. The molecule has 2 aliphatic heterocycles. The van der Waals surface area contributed by atoms with Crippen LogP contribution in [0.3, 0.4) is 0 Å². The largest absolute Gasteiger partial charge is 0.367 e. The maximum Gasteiger partial charge on any atom is 0.268 e. The molecule has 0 spiro atoms. The number of nitrogens with zero attached hydrogens (tertiary/aromatic N) is 2. The van der Waals surface area contributed by atoms with Crippen LogP contribution in [-0.4, -0.2) is 47.2 Å². The van der Waals surface area contributed by atoms with Gasteiger partial charge in [0.2, 0.25) is 0 Å². The van der Waals surface area contributed by atoms with E-state index in [1.807, 2.05) is 41.3 Å². The quantitative estimate of drug-likeness (QED) is 0.754. The zero-order valence-electron chi connectivity index (χ0n) is 18.5. The lowest BCUT2D eigenvalue weighted by atomic mass is 10.0. The van der Waals surface area contributed by atoms with Crippen LogP contribution in [0.15, 0.2) is 65.7 Å². The normalized spacial score (nSPS) is 23.3. The van der Waals surface area contributed by atoms with Gasteiger partial charge < -0.3 is 15.4 Å². The van der Waals surface area contributed by atoms with E-state index >= 15 is 0 Å². The predicted octanol–water partition coefficient (Wildman–Crippen LogP) is 3.65. The first-order valence-corrected chi connectivity index (χ1v) is 11.5. The van der Waals surface area contributed by atoms with E-state index in [0.717, 1.165) is 36.8 Å². The number of carbonyl (C=O) groups excluding carboxylic acids is 2. The van der Waals surface area contributed by atoms with Crippen molar-refractivity contribution in [3.8, 4) is 0 Å². The molecule has 4 rings (SSSR count). The van der Waals surface area contributed by atoms with E-state index in [1.54, 1.807) is 6.92 Å². The number of fused-ring (bicyclic) bond motifs is 1. The number of rotatable bonds is 6. The van der Waals surface area contributed by atoms with Crippen LogP contribution < -0.4 is 5.73 Å².